The lowest BCUT2D eigenvalue weighted by Gasteiger charge is -2.07. The summed E-state index contributed by atoms with van der Waals surface area (Å²) in [6.45, 7) is 0.259. The van der Waals surface area contributed by atoms with Crippen molar-refractivity contribution in [1.82, 2.24) is 4.72 Å². The molecule has 0 saturated carbocycles. The van der Waals surface area contributed by atoms with Crippen molar-refractivity contribution < 1.29 is 8.42 Å². The highest BCUT2D eigenvalue weighted by Gasteiger charge is 2.14. The molecule has 0 bridgehead atoms. The molecular weight excluding hydrogens is 392 g/mol. The lowest BCUT2D eigenvalue weighted by molar-refractivity contribution is 0.581. The number of hydrogen-bond acceptors (Lipinski definition) is 4. The Labute approximate surface area is 141 Å². The average Bonchev–Trinajstić information content (AvgIpc) is 2.82. The third kappa shape index (κ3) is 4.58. The molecule has 0 aliphatic rings. The van der Waals surface area contributed by atoms with Gasteiger partial charge in [-0.3, -0.25) is 0 Å². The predicted molar refractivity (Wildman–Crippen MR) is 93.0 cm³/mol. The number of sulfonamides is 1. The molecule has 112 valence electrons. The summed E-state index contributed by atoms with van der Waals surface area (Å²) >= 11 is 9.69. The average molecular weight is 405 g/mol. The smallest absolute Gasteiger partial charge is 0.240 e. The molecular formula is C13H13BrN2O2S3. The topological polar surface area (TPSA) is 72.2 Å². The van der Waals surface area contributed by atoms with Gasteiger partial charge >= 0.3 is 0 Å². The normalized spacial score (nSPS) is 11.5. The quantitative estimate of drug-likeness (QED) is 0.725. The van der Waals surface area contributed by atoms with Gasteiger partial charge in [-0.1, -0.05) is 24.4 Å². The molecule has 0 unspecified atom stereocenters. The number of thiocarbonyl (C=S) groups is 1. The van der Waals surface area contributed by atoms with Crippen molar-refractivity contribution in [2.75, 3.05) is 0 Å². The highest BCUT2D eigenvalue weighted by molar-refractivity contribution is 9.10. The minimum atomic E-state index is -3.53. The fraction of sp³-hybridized carbons (Fsp3) is 0.154. The Hall–Kier alpha value is -0.800. The molecule has 1 aromatic carbocycles. The van der Waals surface area contributed by atoms with Gasteiger partial charge in [0.05, 0.1) is 9.88 Å². The van der Waals surface area contributed by atoms with Crippen LogP contribution in [0.5, 0.6) is 0 Å². The maximum atomic E-state index is 12.2. The summed E-state index contributed by atoms with van der Waals surface area (Å²) in [5, 5.41) is 1.90. The molecule has 2 rings (SSSR count). The molecule has 0 atom stereocenters. The van der Waals surface area contributed by atoms with E-state index in [9.17, 15) is 8.42 Å². The van der Waals surface area contributed by atoms with Crippen LogP contribution in [0.2, 0.25) is 0 Å². The van der Waals surface area contributed by atoms with Crippen molar-refractivity contribution in [3.05, 3.63) is 50.6 Å². The molecule has 0 fully saturated rings. The number of hydrogen-bond donors (Lipinski definition) is 2. The molecule has 0 aliphatic heterocycles. The Kier molecular flexibility index (Phi) is 5.50. The van der Waals surface area contributed by atoms with E-state index >= 15 is 0 Å². The first-order valence-electron chi connectivity index (χ1n) is 5.97. The fourth-order valence-electron chi connectivity index (χ4n) is 1.68. The van der Waals surface area contributed by atoms with Crippen LogP contribution in [0.3, 0.4) is 0 Å². The zero-order chi connectivity index (χ0) is 15.5. The molecule has 0 spiro atoms. The van der Waals surface area contributed by atoms with Gasteiger partial charge in [0.2, 0.25) is 10.0 Å². The van der Waals surface area contributed by atoms with Crippen LogP contribution in [0.25, 0.3) is 0 Å². The van der Waals surface area contributed by atoms with Crippen LogP contribution in [0.1, 0.15) is 10.4 Å². The molecule has 21 heavy (non-hydrogen) atoms. The minimum absolute atomic E-state index is 0.224. The van der Waals surface area contributed by atoms with Crippen LogP contribution < -0.4 is 10.5 Å². The van der Waals surface area contributed by atoms with E-state index in [0.29, 0.717) is 11.4 Å². The van der Waals surface area contributed by atoms with Gasteiger partial charge in [-0.25, -0.2) is 13.1 Å². The van der Waals surface area contributed by atoms with E-state index in [1.54, 1.807) is 24.3 Å². The molecule has 0 amide bonds. The number of nitrogens with two attached hydrogens (primary N) is 1. The Morgan fingerprint density at radius 2 is 1.95 bits per heavy atom. The molecule has 1 aromatic heterocycles. The van der Waals surface area contributed by atoms with Gasteiger partial charge in [-0.2, -0.15) is 0 Å². The van der Waals surface area contributed by atoms with Gasteiger partial charge < -0.3 is 5.73 Å². The van der Waals surface area contributed by atoms with Crippen LogP contribution in [0, 0.1) is 0 Å². The summed E-state index contributed by atoms with van der Waals surface area (Å²) in [5.74, 6) is 0. The number of halogens is 1. The molecule has 8 heteroatoms. The maximum Gasteiger partial charge on any atom is 0.240 e. The summed E-state index contributed by atoms with van der Waals surface area (Å²) in [4.78, 5) is 1.54. The summed E-state index contributed by atoms with van der Waals surface area (Å²) in [6, 6.07) is 8.43. The van der Waals surface area contributed by atoms with E-state index in [0.717, 1.165) is 14.9 Å². The van der Waals surface area contributed by atoms with Gasteiger partial charge in [0.25, 0.3) is 0 Å². The predicted octanol–water partition coefficient (Wildman–Crippen LogP) is 2.82. The molecule has 1 heterocycles. The SMILES string of the molecule is NC(=S)Cc1ccc(S(=O)(=O)NCc2sccc2Br)cc1. The third-order valence-corrected chi connectivity index (χ3v) is 6.21. The number of nitrogens with one attached hydrogen (secondary N) is 1. The Bertz CT molecular complexity index is 739. The zero-order valence-corrected chi connectivity index (χ0v) is 14.9. The van der Waals surface area contributed by atoms with Crippen LogP contribution in [0.15, 0.2) is 45.1 Å². The van der Waals surface area contributed by atoms with E-state index in [4.69, 9.17) is 18.0 Å². The van der Waals surface area contributed by atoms with Crippen LogP contribution >= 0.6 is 39.5 Å². The second-order valence-corrected chi connectivity index (χ2v) is 8.45. The first-order chi connectivity index (χ1) is 9.88. The van der Waals surface area contributed by atoms with E-state index < -0.39 is 10.0 Å². The van der Waals surface area contributed by atoms with Crippen molar-refractivity contribution in [1.29, 1.82) is 0 Å². The second kappa shape index (κ2) is 6.97. The molecule has 0 aliphatic carbocycles. The number of thiophene rings is 1. The Balaban J connectivity index is 2.08. The van der Waals surface area contributed by atoms with E-state index in [1.807, 2.05) is 11.4 Å². The highest BCUT2D eigenvalue weighted by atomic mass is 79.9. The Morgan fingerprint density at radius 3 is 2.48 bits per heavy atom. The van der Waals surface area contributed by atoms with E-state index in [2.05, 4.69) is 20.7 Å². The van der Waals surface area contributed by atoms with Crippen molar-refractivity contribution in [2.45, 2.75) is 17.9 Å². The van der Waals surface area contributed by atoms with Crippen molar-refractivity contribution in [3.8, 4) is 0 Å². The lowest BCUT2D eigenvalue weighted by atomic mass is 10.1. The van der Waals surface area contributed by atoms with Gasteiger partial charge in [-0.05, 0) is 45.1 Å². The summed E-state index contributed by atoms with van der Waals surface area (Å²) in [6.07, 6.45) is 0.464. The fourth-order valence-corrected chi connectivity index (χ4v) is 4.37. The summed E-state index contributed by atoms with van der Waals surface area (Å²) < 4.78 is 27.9. The number of rotatable bonds is 6. The monoisotopic (exact) mass is 404 g/mol. The first kappa shape index (κ1) is 16.6. The zero-order valence-electron chi connectivity index (χ0n) is 10.9. The van der Waals surface area contributed by atoms with Crippen molar-refractivity contribution >= 4 is 54.5 Å². The second-order valence-electron chi connectivity index (χ2n) is 4.30. The molecule has 0 saturated heterocycles. The molecule has 0 radical (unpaired) electrons. The molecule has 3 N–H and O–H groups in total. The lowest BCUT2D eigenvalue weighted by Crippen LogP contribution is -2.23. The molecule has 4 nitrogen and oxygen atoms in total. The largest absolute Gasteiger partial charge is 0.393 e. The van der Waals surface area contributed by atoms with E-state index in [-0.39, 0.29) is 11.4 Å². The first-order valence-corrected chi connectivity index (χ1v) is 9.53. The minimum Gasteiger partial charge on any atom is -0.393 e. The number of benzene rings is 1. The maximum absolute atomic E-state index is 12.2. The Morgan fingerprint density at radius 1 is 1.29 bits per heavy atom. The van der Waals surface area contributed by atoms with Crippen molar-refractivity contribution in [2.24, 2.45) is 5.73 Å². The standard InChI is InChI=1S/C13H13BrN2O2S3/c14-11-5-6-20-12(11)8-16-21(17,18)10-3-1-9(2-4-10)7-13(15)19/h1-6,16H,7-8H2,(H2,15,19). The third-order valence-electron chi connectivity index (χ3n) is 2.73. The van der Waals surface area contributed by atoms with Gasteiger partial charge in [-0.15, -0.1) is 11.3 Å². The van der Waals surface area contributed by atoms with Crippen molar-refractivity contribution in [3.63, 3.8) is 0 Å². The summed E-state index contributed by atoms with van der Waals surface area (Å²) in [5.41, 5.74) is 6.35. The highest BCUT2D eigenvalue weighted by Crippen LogP contribution is 2.23. The summed E-state index contributed by atoms with van der Waals surface area (Å²) in [7, 11) is -3.53. The van der Waals surface area contributed by atoms with Gasteiger partial charge in [0.15, 0.2) is 0 Å². The van der Waals surface area contributed by atoms with Gasteiger partial charge in [0, 0.05) is 22.3 Å². The van der Waals surface area contributed by atoms with Gasteiger partial charge in [0.1, 0.15) is 0 Å². The van der Waals surface area contributed by atoms with E-state index in [1.165, 1.54) is 11.3 Å². The van der Waals surface area contributed by atoms with Crippen LogP contribution in [-0.2, 0) is 23.0 Å². The molecule has 2 aromatic rings. The van der Waals surface area contributed by atoms with Crippen LogP contribution in [0.4, 0.5) is 0 Å². The van der Waals surface area contributed by atoms with Crippen LogP contribution in [-0.4, -0.2) is 13.4 Å².